The van der Waals surface area contributed by atoms with Crippen molar-refractivity contribution in [3.63, 3.8) is 0 Å². The fourth-order valence-electron chi connectivity index (χ4n) is 3.30. The third-order valence-corrected chi connectivity index (χ3v) is 5.05. The molecule has 0 aromatic heterocycles. The number of benzene rings is 2. The van der Waals surface area contributed by atoms with Crippen LogP contribution in [0.3, 0.4) is 0 Å². The molecular weight excluding hydrogens is 336 g/mol. The Morgan fingerprint density at radius 1 is 0.963 bits per heavy atom. The Kier molecular flexibility index (Phi) is 6.58. The molecule has 2 amide bonds. The molecule has 1 fully saturated rings. The number of hydrogen-bond acceptors (Lipinski definition) is 3. The van der Waals surface area contributed by atoms with E-state index < -0.39 is 0 Å². The summed E-state index contributed by atoms with van der Waals surface area (Å²) in [6.45, 7) is 7.70. The summed E-state index contributed by atoms with van der Waals surface area (Å²) in [7, 11) is 0. The quantitative estimate of drug-likeness (QED) is 0.706. The Hall–Kier alpha value is -2.69. The highest BCUT2D eigenvalue weighted by Gasteiger charge is 2.15. The molecular formula is C22H30N4O. The van der Waals surface area contributed by atoms with Crippen molar-refractivity contribution in [3.8, 4) is 0 Å². The third kappa shape index (κ3) is 5.64. The zero-order chi connectivity index (χ0) is 19.1. The van der Waals surface area contributed by atoms with Gasteiger partial charge >= 0.3 is 6.03 Å². The number of urea groups is 1. The van der Waals surface area contributed by atoms with Crippen molar-refractivity contribution in [1.29, 1.82) is 0 Å². The summed E-state index contributed by atoms with van der Waals surface area (Å²) in [6, 6.07) is 16.7. The van der Waals surface area contributed by atoms with E-state index in [0.29, 0.717) is 13.1 Å². The minimum absolute atomic E-state index is 0.136. The van der Waals surface area contributed by atoms with E-state index in [1.54, 1.807) is 0 Å². The molecule has 5 nitrogen and oxygen atoms in total. The van der Waals surface area contributed by atoms with Gasteiger partial charge in [-0.05, 0) is 67.6 Å². The molecule has 2 aromatic rings. The molecule has 2 aromatic carbocycles. The van der Waals surface area contributed by atoms with Gasteiger partial charge in [-0.25, -0.2) is 4.79 Å². The summed E-state index contributed by atoms with van der Waals surface area (Å²) in [5.74, 6) is 0.849. The van der Waals surface area contributed by atoms with Crippen LogP contribution in [0.5, 0.6) is 0 Å². The van der Waals surface area contributed by atoms with Crippen LogP contribution in [0.15, 0.2) is 48.5 Å². The zero-order valence-electron chi connectivity index (χ0n) is 16.3. The van der Waals surface area contributed by atoms with E-state index >= 15 is 0 Å². The molecule has 0 radical (unpaired) electrons. The third-order valence-electron chi connectivity index (χ3n) is 5.05. The second kappa shape index (κ2) is 9.31. The van der Waals surface area contributed by atoms with Crippen molar-refractivity contribution in [2.45, 2.75) is 33.2 Å². The number of carbonyl (C=O) groups excluding carboxylic acids is 1. The largest absolute Gasteiger partial charge is 0.372 e. The fourth-order valence-corrected chi connectivity index (χ4v) is 3.30. The smallest absolute Gasteiger partial charge is 0.315 e. The number of hydrogen-bond donors (Lipinski definition) is 3. The topological polar surface area (TPSA) is 56.4 Å². The summed E-state index contributed by atoms with van der Waals surface area (Å²) < 4.78 is 0. The summed E-state index contributed by atoms with van der Waals surface area (Å²) in [5, 5.41) is 8.99. The van der Waals surface area contributed by atoms with Gasteiger partial charge in [0.2, 0.25) is 0 Å². The minimum atomic E-state index is -0.136. The summed E-state index contributed by atoms with van der Waals surface area (Å²) in [5.41, 5.74) is 4.49. The van der Waals surface area contributed by atoms with Gasteiger partial charge < -0.3 is 20.9 Å². The van der Waals surface area contributed by atoms with Crippen LogP contribution in [0.2, 0.25) is 0 Å². The van der Waals surface area contributed by atoms with Crippen molar-refractivity contribution in [2.24, 2.45) is 5.92 Å². The molecule has 1 aliphatic rings. The van der Waals surface area contributed by atoms with Gasteiger partial charge in [0.25, 0.3) is 0 Å². The molecule has 0 saturated carbocycles. The lowest BCUT2D eigenvalue weighted by atomic mass is 9.99. The molecule has 0 unspecified atom stereocenters. The standard InChI is InChI=1S/C22H30N4O/c1-3-23-22(27)24-16-18-4-6-19(7-5-18)25-20-8-10-21(11-9-20)26-14-12-17(2)13-15-26/h4-11,17,25H,3,12-16H2,1-2H3,(H2,23,24,27). The molecule has 3 rings (SSSR count). The van der Waals surface area contributed by atoms with Gasteiger partial charge in [0.1, 0.15) is 0 Å². The van der Waals surface area contributed by atoms with Crippen LogP contribution < -0.4 is 20.9 Å². The fraction of sp³-hybridized carbons (Fsp3) is 0.409. The molecule has 0 spiro atoms. The highest BCUT2D eigenvalue weighted by molar-refractivity contribution is 5.73. The average molecular weight is 367 g/mol. The molecule has 3 N–H and O–H groups in total. The van der Waals surface area contributed by atoms with Gasteiger partial charge in [-0.3, -0.25) is 0 Å². The maximum atomic E-state index is 11.4. The Bertz CT molecular complexity index is 719. The lowest BCUT2D eigenvalue weighted by Gasteiger charge is -2.32. The molecule has 1 aliphatic heterocycles. The van der Waals surface area contributed by atoms with Crippen LogP contribution in [0, 0.1) is 5.92 Å². The Morgan fingerprint density at radius 3 is 2.15 bits per heavy atom. The van der Waals surface area contributed by atoms with E-state index in [1.807, 2.05) is 31.2 Å². The van der Waals surface area contributed by atoms with E-state index in [4.69, 9.17) is 0 Å². The number of amides is 2. The number of nitrogens with one attached hydrogen (secondary N) is 3. The first-order valence-corrected chi connectivity index (χ1v) is 9.86. The average Bonchev–Trinajstić information content (AvgIpc) is 2.69. The zero-order valence-corrected chi connectivity index (χ0v) is 16.3. The predicted molar refractivity (Wildman–Crippen MR) is 113 cm³/mol. The molecule has 0 aliphatic carbocycles. The molecule has 1 saturated heterocycles. The summed E-state index contributed by atoms with van der Waals surface area (Å²) >= 11 is 0. The molecule has 1 heterocycles. The molecule has 0 atom stereocenters. The minimum Gasteiger partial charge on any atom is -0.372 e. The van der Waals surface area contributed by atoms with Crippen LogP contribution in [-0.4, -0.2) is 25.7 Å². The maximum absolute atomic E-state index is 11.4. The van der Waals surface area contributed by atoms with E-state index in [2.05, 4.69) is 52.0 Å². The van der Waals surface area contributed by atoms with Crippen molar-refractivity contribution >= 4 is 23.1 Å². The first-order valence-electron chi connectivity index (χ1n) is 9.86. The number of rotatable bonds is 6. The second-order valence-corrected chi connectivity index (χ2v) is 7.25. The highest BCUT2D eigenvalue weighted by atomic mass is 16.2. The molecule has 27 heavy (non-hydrogen) atoms. The van der Waals surface area contributed by atoms with Crippen LogP contribution in [0.4, 0.5) is 21.9 Å². The van der Waals surface area contributed by atoms with E-state index in [0.717, 1.165) is 35.9 Å². The van der Waals surface area contributed by atoms with E-state index in [-0.39, 0.29) is 6.03 Å². The van der Waals surface area contributed by atoms with E-state index in [9.17, 15) is 4.79 Å². The molecule has 144 valence electrons. The normalized spacial score (nSPS) is 14.7. The van der Waals surface area contributed by atoms with Crippen molar-refractivity contribution < 1.29 is 4.79 Å². The monoisotopic (exact) mass is 366 g/mol. The summed E-state index contributed by atoms with van der Waals surface area (Å²) in [4.78, 5) is 13.9. The van der Waals surface area contributed by atoms with Gasteiger partial charge in [-0.2, -0.15) is 0 Å². The highest BCUT2D eigenvalue weighted by Crippen LogP contribution is 2.25. The van der Waals surface area contributed by atoms with E-state index in [1.165, 1.54) is 18.5 Å². The number of piperidine rings is 1. The van der Waals surface area contributed by atoms with Gasteiger partial charge in [0.15, 0.2) is 0 Å². The van der Waals surface area contributed by atoms with Gasteiger partial charge in [0.05, 0.1) is 0 Å². The van der Waals surface area contributed by atoms with Crippen LogP contribution in [0.1, 0.15) is 32.3 Å². The molecule has 0 bridgehead atoms. The first kappa shape index (κ1) is 19.1. The van der Waals surface area contributed by atoms with Crippen LogP contribution in [0.25, 0.3) is 0 Å². The maximum Gasteiger partial charge on any atom is 0.315 e. The Labute approximate surface area is 162 Å². The van der Waals surface area contributed by atoms with Crippen molar-refractivity contribution in [3.05, 3.63) is 54.1 Å². The predicted octanol–water partition coefficient (Wildman–Crippen LogP) is 4.49. The van der Waals surface area contributed by atoms with Crippen molar-refractivity contribution in [1.82, 2.24) is 10.6 Å². The lowest BCUT2D eigenvalue weighted by molar-refractivity contribution is 0.241. The van der Waals surface area contributed by atoms with Crippen LogP contribution in [-0.2, 0) is 6.54 Å². The molecule has 5 heteroatoms. The number of carbonyl (C=O) groups is 1. The van der Waals surface area contributed by atoms with Crippen LogP contribution >= 0.6 is 0 Å². The number of nitrogens with zero attached hydrogens (tertiary/aromatic N) is 1. The van der Waals surface area contributed by atoms with Gasteiger partial charge in [-0.1, -0.05) is 19.1 Å². The second-order valence-electron chi connectivity index (χ2n) is 7.25. The number of anilines is 3. The van der Waals surface area contributed by atoms with Crippen molar-refractivity contribution in [2.75, 3.05) is 29.9 Å². The van der Waals surface area contributed by atoms with Gasteiger partial charge in [-0.15, -0.1) is 0 Å². The Balaban J connectivity index is 1.52. The summed E-state index contributed by atoms with van der Waals surface area (Å²) in [6.07, 6.45) is 2.56. The van der Waals surface area contributed by atoms with Gasteiger partial charge in [0, 0.05) is 43.2 Å². The lowest BCUT2D eigenvalue weighted by Crippen LogP contribution is -2.34. The first-order chi connectivity index (χ1) is 13.1. The Morgan fingerprint density at radius 2 is 1.56 bits per heavy atom. The SMILES string of the molecule is CCNC(=O)NCc1ccc(Nc2ccc(N3CCC(C)CC3)cc2)cc1.